The summed E-state index contributed by atoms with van der Waals surface area (Å²) < 4.78 is 14.3. The molecule has 0 aliphatic heterocycles. The van der Waals surface area contributed by atoms with Crippen molar-refractivity contribution in [3.8, 4) is 0 Å². The molecular formula is C14H20BrFN2O. The summed E-state index contributed by atoms with van der Waals surface area (Å²) in [4.78, 5) is 12.1. The molecule has 1 unspecified atom stereocenters. The minimum atomic E-state index is -0.464. The first kappa shape index (κ1) is 16.1. The van der Waals surface area contributed by atoms with E-state index in [2.05, 4.69) is 21.2 Å². The maximum Gasteiger partial charge on any atom is 0.228 e. The zero-order valence-electron chi connectivity index (χ0n) is 11.5. The number of hydrogen-bond acceptors (Lipinski definition) is 2. The van der Waals surface area contributed by atoms with Gasteiger partial charge in [0.1, 0.15) is 5.82 Å². The van der Waals surface area contributed by atoms with E-state index in [1.165, 1.54) is 12.1 Å². The maximum absolute atomic E-state index is 13.6. The van der Waals surface area contributed by atoms with E-state index in [0.29, 0.717) is 10.9 Å². The van der Waals surface area contributed by atoms with E-state index in [1.54, 1.807) is 6.07 Å². The molecule has 1 atom stereocenters. The molecule has 1 aromatic rings. The summed E-state index contributed by atoms with van der Waals surface area (Å²) in [6.45, 7) is 6.39. The van der Waals surface area contributed by atoms with Crippen molar-refractivity contribution in [2.45, 2.75) is 27.2 Å². The van der Waals surface area contributed by atoms with Gasteiger partial charge in [0.2, 0.25) is 5.91 Å². The zero-order chi connectivity index (χ0) is 14.6. The van der Waals surface area contributed by atoms with Crippen LogP contribution in [0.15, 0.2) is 22.7 Å². The summed E-state index contributed by atoms with van der Waals surface area (Å²) >= 11 is 3.17. The van der Waals surface area contributed by atoms with Gasteiger partial charge in [-0.2, -0.15) is 0 Å². The molecule has 0 saturated carbocycles. The number of hydrogen-bond donors (Lipinski definition) is 2. The number of amides is 1. The molecular weight excluding hydrogens is 311 g/mol. The lowest BCUT2D eigenvalue weighted by atomic mass is 9.84. The van der Waals surface area contributed by atoms with Crippen molar-refractivity contribution >= 4 is 27.5 Å². The van der Waals surface area contributed by atoms with Crippen molar-refractivity contribution in [3.63, 3.8) is 0 Å². The van der Waals surface area contributed by atoms with Crippen molar-refractivity contribution in [2.24, 2.45) is 17.1 Å². The van der Waals surface area contributed by atoms with E-state index in [0.717, 1.165) is 0 Å². The summed E-state index contributed by atoms with van der Waals surface area (Å²) in [5, 5.41) is 2.60. The third kappa shape index (κ3) is 5.28. The largest absolute Gasteiger partial charge is 0.330 e. The van der Waals surface area contributed by atoms with Crippen molar-refractivity contribution < 1.29 is 9.18 Å². The normalized spacial score (nSPS) is 13.2. The Kier molecular flexibility index (Phi) is 5.50. The number of rotatable bonds is 4. The highest BCUT2D eigenvalue weighted by Gasteiger charge is 2.24. The fourth-order valence-electron chi connectivity index (χ4n) is 1.85. The van der Waals surface area contributed by atoms with Gasteiger partial charge in [-0.15, -0.1) is 0 Å². The van der Waals surface area contributed by atoms with E-state index in [1.807, 2.05) is 20.8 Å². The molecule has 106 valence electrons. The Hall–Kier alpha value is -0.940. The first-order chi connectivity index (χ1) is 8.73. The van der Waals surface area contributed by atoms with E-state index in [4.69, 9.17) is 5.73 Å². The number of nitrogens with two attached hydrogens (primary N) is 1. The second-order valence-electron chi connectivity index (χ2n) is 5.81. The quantitative estimate of drug-likeness (QED) is 0.887. The predicted molar refractivity (Wildman–Crippen MR) is 79.3 cm³/mol. The van der Waals surface area contributed by atoms with Crippen LogP contribution >= 0.6 is 15.9 Å². The molecule has 1 rings (SSSR count). The topological polar surface area (TPSA) is 55.1 Å². The minimum absolute atomic E-state index is 0.000360. The van der Waals surface area contributed by atoms with Crippen LogP contribution in [0.25, 0.3) is 0 Å². The molecule has 0 aromatic heterocycles. The number of nitrogens with one attached hydrogen (secondary N) is 1. The van der Waals surface area contributed by atoms with Crippen molar-refractivity contribution in [1.82, 2.24) is 0 Å². The van der Waals surface area contributed by atoms with Crippen LogP contribution in [0.1, 0.15) is 27.2 Å². The van der Waals surface area contributed by atoms with Gasteiger partial charge in [0.25, 0.3) is 0 Å². The highest BCUT2D eigenvalue weighted by atomic mass is 79.9. The van der Waals surface area contributed by atoms with Gasteiger partial charge in [0, 0.05) is 11.0 Å². The van der Waals surface area contributed by atoms with E-state index in [9.17, 15) is 9.18 Å². The highest BCUT2D eigenvalue weighted by molar-refractivity contribution is 9.10. The van der Waals surface area contributed by atoms with Crippen LogP contribution in [0.2, 0.25) is 0 Å². The van der Waals surface area contributed by atoms with Gasteiger partial charge in [0.05, 0.1) is 11.6 Å². The third-order valence-electron chi connectivity index (χ3n) is 2.70. The van der Waals surface area contributed by atoms with Gasteiger partial charge < -0.3 is 11.1 Å². The van der Waals surface area contributed by atoms with Gasteiger partial charge in [0.15, 0.2) is 0 Å². The first-order valence-electron chi connectivity index (χ1n) is 6.19. The summed E-state index contributed by atoms with van der Waals surface area (Å²) in [5.74, 6) is -1.02. The zero-order valence-corrected chi connectivity index (χ0v) is 13.1. The van der Waals surface area contributed by atoms with Crippen LogP contribution in [-0.4, -0.2) is 12.5 Å². The van der Waals surface area contributed by atoms with Gasteiger partial charge in [-0.1, -0.05) is 36.7 Å². The summed E-state index contributed by atoms with van der Waals surface area (Å²) in [6, 6.07) is 4.53. The molecule has 0 spiro atoms. The molecule has 0 aliphatic rings. The number of anilines is 1. The number of benzene rings is 1. The van der Waals surface area contributed by atoms with Crippen LogP contribution in [0.3, 0.4) is 0 Å². The lowest BCUT2D eigenvalue weighted by molar-refractivity contribution is -0.120. The Labute approximate surface area is 121 Å². The van der Waals surface area contributed by atoms with Gasteiger partial charge in [-0.05, 0) is 30.0 Å². The van der Waals surface area contributed by atoms with Crippen LogP contribution in [-0.2, 0) is 4.79 Å². The van der Waals surface area contributed by atoms with Crippen LogP contribution in [0.5, 0.6) is 0 Å². The lowest BCUT2D eigenvalue weighted by Gasteiger charge is -2.24. The van der Waals surface area contributed by atoms with Crippen molar-refractivity contribution in [1.29, 1.82) is 0 Å². The van der Waals surface area contributed by atoms with Crippen molar-refractivity contribution in [3.05, 3.63) is 28.5 Å². The van der Waals surface area contributed by atoms with Crippen molar-refractivity contribution in [2.75, 3.05) is 11.9 Å². The molecule has 0 heterocycles. The first-order valence-corrected chi connectivity index (χ1v) is 6.98. The SMILES string of the molecule is CC(C)(C)CC(CN)C(=O)Nc1ccc(Br)cc1F. The van der Waals surface area contributed by atoms with Crippen LogP contribution in [0.4, 0.5) is 10.1 Å². The smallest absolute Gasteiger partial charge is 0.228 e. The Morgan fingerprint density at radius 2 is 2.11 bits per heavy atom. The molecule has 0 aliphatic carbocycles. The average Bonchev–Trinajstić information content (AvgIpc) is 2.28. The molecule has 1 amide bonds. The average molecular weight is 331 g/mol. The number of carbonyl (C=O) groups is 1. The third-order valence-corrected chi connectivity index (χ3v) is 3.20. The minimum Gasteiger partial charge on any atom is -0.330 e. The highest BCUT2D eigenvalue weighted by Crippen LogP contribution is 2.26. The van der Waals surface area contributed by atoms with E-state index < -0.39 is 5.82 Å². The molecule has 0 radical (unpaired) electrons. The second-order valence-corrected chi connectivity index (χ2v) is 6.73. The second kappa shape index (κ2) is 6.48. The molecule has 5 heteroatoms. The standard InChI is InChI=1S/C14H20BrFN2O/c1-14(2,3)7-9(8-17)13(19)18-12-5-4-10(15)6-11(12)16/h4-6,9H,7-8,17H2,1-3H3,(H,18,19). The van der Waals surface area contributed by atoms with E-state index >= 15 is 0 Å². The lowest BCUT2D eigenvalue weighted by Crippen LogP contribution is -2.32. The number of halogens is 2. The van der Waals surface area contributed by atoms with Gasteiger partial charge >= 0.3 is 0 Å². The molecule has 19 heavy (non-hydrogen) atoms. The molecule has 0 bridgehead atoms. The van der Waals surface area contributed by atoms with Crippen LogP contribution in [0, 0.1) is 17.2 Å². The van der Waals surface area contributed by atoms with Crippen LogP contribution < -0.4 is 11.1 Å². The molecule has 1 aromatic carbocycles. The Morgan fingerprint density at radius 3 is 2.58 bits per heavy atom. The summed E-state index contributed by atoms with van der Waals surface area (Å²) in [6.07, 6.45) is 0.660. The fourth-order valence-corrected chi connectivity index (χ4v) is 2.18. The summed E-state index contributed by atoms with van der Waals surface area (Å²) in [7, 11) is 0. The molecule has 3 N–H and O–H groups in total. The Morgan fingerprint density at radius 1 is 1.47 bits per heavy atom. The van der Waals surface area contributed by atoms with Gasteiger partial charge in [-0.3, -0.25) is 4.79 Å². The molecule has 0 saturated heterocycles. The fraction of sp³-hybridized carbons (Fsp3) is 0.500. The van der Waals surface area contributed by atoms with E-state index in [-0.39, 0.29) is 29.5 Å². The molecule has 0 fully saturated rings. The monoisotopic (exact) mass is 330 g/mol. The summed E-state index contributed by atoms with van der Waals surface area (Å²) in [5.41, 5.74) is 5.82. The Balaban J connectivity index is 2.77. The molecule has 3 nitrogen and oxygen atoms in total. The van der Waals surface area contributed by atoms with Gasteiger partial charge in [-0.25, -0.2) is 4.39 Å². The predicted octanol–water partition coefficient (Wildman–Crippen LogP) is 3.54. The number of carbonyl (C=O) groups excluding carboxylic acids is 1. The maximum atomic E-state index is 13.6. The Bertz CT molecular complexity index is 457.